The first-order chi connectivity index (χ1) is 16.2. The highest BCUT2D eigenvalue weighted by molar-refractivity contribution is 5.93. The van der Waals surface area contributed by atoms with Gasteiger partial charge in [0.05, 0.1) is 24.3 Å². The van der Waals surface area contributed by atoms with Crippen LogP contribution in [0.2, 0.25) is 0 Å². The number of hydrogen-bond acceptors (Lipinski definition) is 7. The molecule has 0 aromatic heterocycles. The molecule has 0 aliphatic rings. The van der Waals surface area contributed by atoms with E-state index >= 15 is 0 Å². The van der Waals surface area contributed by atoms with Crippen molar-refractivity contribution in [1.29, 1.82) is 0 Å². The lowest BCUT2D eigenvalue weighted by atomic mass is 10.1. The summed E-state index contributed by atoms with van der Waals surface area (Å²) in [6.45, 7) is 6.28. The zero-order chi connectivity index (χ0) is 24.7. The van der Waals surface area contributed by atoms with Crippen LogP contribution >= 0.6 is 12.4 Å². The predicted octanol–water partition coefficient (Wildman–Crippen LogP) is 4.98. The largest absolute Gasteiger partial charge is 0.497 e. The SMILES string of the molecule is COc1ccc(C(=O)Oc2ccc(C(O)CNC(C)(C)C)cc2OC(=O)c2ccccc2)cc1.Cl. The number of benzene rings is 3. The van der Waals surface area contributed by atoms with Crippen molar-refractivity contribution in [3.8, 4) is 17.2 Å². The van der Waals surface area contributed by atoms with Crippen LogP contribution in [0.4, 0.5) is 0 Å². The Hall–Kier alpha value is -3.39. The third kappa shape index (κ3) is 8.10. The molecule has 0 spiro atoms. The molecule has 3 rings (SSSR count). The van der Waals surface area contributed by atoms with Gasteiger partial charge in [-0.3, -0.25) is 0 Å². The number of nitrogens with one attached hydrogen (secondary N) is 1. The van der Waals surface area contributed by atoms with Crippen LogP contribution in [0.5, 0.6) is 17.2 Å². The molecule has 3 aromatic rings. The highest BCUT2D eigenvalue weighted by atomic mass is 35.5. The summed E-state index contributed by atoms with van der Waals surface area (Å²) in [5, 5.41) is 13.9. The first-order valence-corrected chi connectivity index (χ1v) is 10.9. The smallest absolute Gasteiger partial charge is 0.343 e. The van der Waals surface area contributed by atoms with E-state index in [0.717, 1.165) is 0 Å². The second kappa shape index (κ2) is 12.4. The molecule has 1 atom stereocenters. The summed E-state index contributed by atoms with van der Waals surface area (Å²) in [6.07, 6.45) is -0.861. The molecule has 0 aliphatic heterocycles. The Labute approximate surface area is 211 Å². The van der Waals surface area contributed by atoms with E-state index in [1.54, 1.807) is 60.7 Å². The van der Waals surface area contributed by atoms with Gasteiger partial charge in [0.1, 0.15) is 5.75 Å². The number of carbonyl (C=O) groups is 2. The third-order valence-corrected chi connectivity index (χ3v) is 4.92. The second-order valence-electron chi connectivity index (χ2n) is 8.73. The summed E-state index contributed by atoms with van der Waals surface area (Å²) in [7, 11) is 1.54. The molecular formula is C27H30ClNO6. The van der Waals surface area contributed by atoms with E-state index in [1.165, 1.54) is 19.2 Å². The molecule has 8 heteroatoms. The van der Waals surface area contributed by atoms with Gasteiger partial charge in [-0.05, 0) is 74.9 Å². The number of aliphatic hydroxyl groups excluding tert-OH is 1. The van der Waals surface area contributed by atoms with Crippen molar-refractivity contribution in [2.45, 2.75) is 32.4 Å². The van der Waals surface area contributed by atoms with Crippen LogP contribution in [-0.4, -0.2) is 36.2 Å². The minimum atomic E-state index is -0.861. The molecule has 0 saturated carbocycles. The normalized spacial score (nSPS) is 11.7. The van der Waals surface area contributed by atoms with Crippen molar-refractivity contribution < 1.29 is 28.9 Å². The minimum Gasteiger partial charge on any atom is -0.497 e. The molecule has 0 heterocycles. The topological polar surface area (TPSA) is 94.1 Å². The second-order valence-corrected chi connectivity index (χ2v) is 8.73. The standard InChI is InChI=1S/C27H29NO6.ClH/c1-27(2,3)28-17-22(29)20-12-15-23(33-26(31)19-10-13-21(32-4)14-11-19)24(16-20)34-25(30)18-8-6-5-7-9-18;/h5-16,22,28-29H,17H2,1-4H3;1H. The van der Waals surface area contributed by atoms with Crippen molar-refractivity contribution in [2.24, 2.45) is 0 Å². The number of rotatable bonds is 8. The van der Waals surface area contributed by atoms with Crippen LogP contribution in [0.1, 0.15) is 53.2 Å². The van der Waals surface area contributed by atoms with E-state index in [4.69, 9.17) is 14.2 Å². The fourth-order valence-electron chi connectivity index (χ4n) is 3.04. The Bertz CT molecular complexity index is 1130. The summed E-state index contributed by atoms with van der Waals surface area (Å²) in [4.78, 5) is 25.4. The molecule has 0 bridgehead atoms. The monoisotopic (exact) mass is 499 g/mol. The van der Waals surface area contributed by atoms with Crippen LogP contribution in [0, 0.1) is 0 Å². The molecule has 1 unspecified atom stereocenters. The van der Waals surface area contributed by atoms with Gasteiger partial charge in [0.25, 0.3) is 0 Å². The summed E-state index contributed by atoms with van der Waals surface area (Å²) < 4.78 is 16.2. The van der Waals surface area contributed by atoms with Crippen molar-refractivity contribution in [3.05, 3.63) is 89.5 Å². The fraction of sp³-hybridized carbons (Fsp3) is 0.259. The maximum absolute atomic E-state index is 12.7. The Morgan fingerprint density at radius 1 is 0.857 bits per heavy atom. The zero-order valence-corrected chi connectivity index (χ0v) is 20.9. The van der Waals surface area contributed by atoms with E-state index in [2.05, 4.69) is 5.32 Å². The average molecular weight is 500 g/mol. The summed E-state index contributed by atoms with van der Waals surface area (Å²) in [5.41, 5.74) is 0.976. The van der Waals surface area contributed by atoms with Crippen LogP contribution in [0.25, 0.3) is 0 Å². The van der Waals surface area contributed by atoms with Gasteiger partial charge in [0.15, 0.2) is 11.5 Å². The van der Waals surface area contributed by atoms with E-state index < -0.39 is 18.0 Å². The maximum Gasteiger partial charge on any atom is 0.343 e. The number of methoxy groups -OCH3 is 1. The number of esters is 2. The Kier molecular flexibility index (Phi) is 9.83. The van der Waals surface area contributed by atoms with Gasteiger partial charge < -0.3 is 24.6 Å². The predicted molar refractivity (Wildman–Crippen MR) is 136 cm³/mol. The van der Waals surface area contributed by atoms with Crippen molar-refractivity contribution in [2.75, 3.05) is 13.7 Å². The van der Waals surface area contributed by atoms with Crippen LogP contribution in [0.15, 0.2) is 72.8 Å². The van der Waals surface area contributed by atoms with Gasteiger partial charge >= 0.3 is 11.9 Å². The highest BCUT2D eigenvalue weighted by Crippen LogP contribution is 2.32. The molecule has 0 aliphatic carbocycles. The molecule has 0 fully saturated rings. The van der Waals surface area contributed by atoms with Gasteiger partial charge in [0, 0.05) is 12.1 Å². The number of β-amino-alcohol motifs (C(OH)–C–C–N with tert-alkyl or cyclic N) is 1. The van der Waals surface area contributed by atoms with Gasteiger partial charge in [-0.1, -0.05) is 24.3 Å². The minimum absolute atomic E-state index is 0. The molecule has 3 aromatic carbocycles. The van der Waals surface area contributed by atoms with Crippen LogP contribution in [0.3, 0.4) is 0 Å². The molecule has 0 radical (unpaired) electrons. The van der Waals surface area contributed by atoms with E-state index in [1.807, 2.05) is 20.8 Å². The lowest BCUT2D eigenvalue weighted by molar-refractivity contribution is 0.0681. The molecule has 0 saturated heterocycles. The zero-order valence-electron chi connectivity index (χ0n) is 20.1. The maximum atomic E-state index is 12.7. The number of carbonyl (C=O) groups excluding carboxylic acids is 2. The first-order valence-electron chi connectivity index (χ1n) is 10.9. The van der Waals surface area contributed by atoms with Crippen LogP contribution in [-0.2, 0) is 0 Å². The molecule has 2 N–H and O–H groups in total. The fourth-order valence-corrected chi connectivity index (χ4v) is 3.04. The molecule has 0 amide bonds. The average Bonchev–Trinajstić information content (AvgIpc) is 2.83. The van der Waals surface area contributed by atoms with E-state index in [-0.39, 0.29) is 29.4 Å². The number of halogens is 1. The Balaban J connectivity index is 0.00000432. The summed E-state index contributed by atoms with van der Waals surface area (Å²) >= 11 is 0. The van der Waals surface area contributed by atoms with Crippen molar-refractivity contribution >= 4 is 24.3 Å². The van der Waals surface area contributed by atoms with Crippen LogP contribution < -0.4 is 19.5 Å². The third-order valence-electron chi connectivity index (χ3n) is 4.92. The number of hydrogen-bond donors (Lipinski definition) is 2. The van der Waals surface area contributed by atoms with Gasteiger partial charge in [-0.2, -0.15) is 0 Å². The van der Waals surface area contributed by atoms with E-state index in [0.29, 0.717) is 29.0 Å². The molecule has 35 heavy (non-hydrogen) atoms. The first kappa shape index (κ1) is 27.9. The van der Waals surface area contributed by atoms with Gasteiger partial charge in [-0.25, -0.2) is 9.59 Å². The van der Waals surface area contributed by atoms with Gasteiger partial charge in [0.2, 0.25) is 0 Å². The lowest BCUT2D eigenvalue weighted by Gasteiger charge is -2.23. The quantitative estimate of drug-likeness (QED) is 0.333. The van der Waals surface area contributed by atoms with E-state index in [9.17, 15) is 14.7 Å². The Morgan fingerprint density at radius 2 is 1.43 bits per heavy atom. The lowest BCUT2D eigenvalue weighted by Crippen LogP contribution is -2.38. The molecule has 7 nitrogen and oxygen atoms in total. The van der Waals surface area contributed by atoms with Gasteiger partial charge in [-0.15, -0.1) is 12.4 Å². The summed E-state index contributed by atoms with van der Waals surface area (Å²) in [5.74, 6) is -0.534. The highest BCUT2D eigenvalue weighted by Gasteiger charge is 2.20. The van der Waals surface area contributed by atoms with Crippen molar-refractivity contribution in [1.82, 2.24) is 5.32 Å². The number of ether oxygens (including phenoxy) is 3. The van der Waals surface area contributed by atoms with Crippen molar-refractivity contribution in [3.63, 3.8) is 0 Å². The Morgan fingerprint density at radius 3 is 2.00 bits per heavy atom. The summed E-state index contributed by atoms with van der Waals surface area (Å²) in [6, 6.07) is 19.6. The number of aliphatic hydroxyl groups is 1. The molecule has 186 valence electrons. The molecular weight excluding hydrogens is 470 g/mol.